The Morgan fingerprint density at radius 1 is 1.29 bits per heavy atom. The van der Waals surface area contributed by atoms with E-state index in [9.17, 15) is 9.90 Å². The molecule has 3 rings (SSSR count). The summed E-state index contributed by atoms with van der Waals surface area (Å²) in [6.07, 6.45) is 1.40. The van der Waals surface area contributed by atoms with E-state index in [1.54, 1.807) is 11.3 Å². The van der Waals surface area contributed by atoms with E-state index in [4.69, 9.17) is 4.74 Å². The summed E-state index contributed by atoms with van der Waals surface area (Å²) in [4.78, 5) is 14.9. The maximum absolute atomic E-state index is 11.2. The minimum atomic E-state index is -0.669. The van der Waals surface area contributed by atoms with Gasteiger partial charge >= 0.3 is 5.97 Å². The molecule has 1 unspecified atom stereocenters. The first-order valence-electron chi connectivity index (χ1n) is 8.42. The van der Waals surface area contributed by atoms with Crippen molar-refractivity contribution in [3.63, 3.8) is 0 Å². The van der Waals surface area contributed by atoms with Crippen LogP contribution >= 0.6 is 11.3 Å². The summed E-state index contributed by atoms with van der Waals surface area (Å²) in [5, 5.41) is 11.3. The van der Waals surface area contributed by atoms with Gasteiger partial charge in [-0.05, 0) is 50.4 Å². The van der Waals surface area contributed by atoms with Gasteiger partial charge in [-0.2, -0.15) is 0 Å². The number of piperidine rings is 1. The summed E-state index contributed by atoms with van der Waals surface area (Å²) < 4.78 is 5.85. The third-order valence-electron chi connectivity index (χ3n) is 4.57. The smallest absolute Gasteiger partial charge is 0.306 e. The van der Waals surface area contributed by atoms with E-state index in [1.807, 2.05) is 25.1 Å². The van der Waals surface area contributed by atoms with E-state index in [-0.39, 0.29) is 12.0 Å². The van der Waals surface area contributed by atoms with E-state index in [0.717, 1.165) is 24.4 Å². The van der Waals surface area contributed by atoms with Crippen molar-refractivity contribution in [2.75, 3.05) is 19.7 Å². The van der Waals surface area contributed by atoms with Gasteiger partial charge in [-0.15, -0.1) is 11.3 Å². The summed E-state index contributed by atoms with van der Waals surface area (Å²) in [5.74, 6) is 0.0307. The summed E-state index contributed by atoms with van der Waals surface area (Å²) in [6.45, 7) is 4.21. The lowest BCUT2D eigenvalue weighted by atomic mass is 9.93. The highest BCUT2D eigenvalue weighted by atomic mass is 32.1. The zero-order valence-corrected chi connectivity index (χ0v) is 14.7. The highest BCUT2D eigenvalue weighted by molar-refractivity contribution is 7.10. The van der Waals surface area contributed by atoms with Gasteiger partial charge in [-0.3, -0.25) is 9.69 Å². The Morgan fingerprint density at radius 3 is 2.67 bits per heavy atom. The largest absolute Gasteiger partial charge is 0.494 e. The molecule has 1 aliphatic rings. The molecular weight excluding hydrogens is 322 g/mol. The summed E-state index contributed by atoms with van der Waals surface area (Å²) in [6, 6.07) is 12.5. The fourth-order valence-corrected chi connectivity index (χ4v) is 4.25. The Kier molecular flexibility index (Phi) is 5.53. The van der Waals surface area contributed by atoms with Crippen molar-refractivity contribution in [2.24, 2.45) is 5.92 Å². The molecule has 4 nitrogen and oxygen atoms in total. The number of benzene rings is 1. The lowest BCUT2D eigenvalue weighted by molar-refractivity contribution is -0.143. The number of carbonyl (C=O) groups is 1. The van der Waals surface area contributed by atoms with Crippen LogP contribution in [0.2, 0.25) is 0 Å². The molecule has 1 aromatic heterocycles. The molecule has 0 bridgehead atoms. The van der Waals surface area contributed by atoms with E-state index in [0.29, 0.717) is 19.4 Å². The van der Waals surface area contributed by atoms with Crippen LogP contribution in [0, 0.1) is 5.92 Å². The van der Waals surface area contributed by atoms with Crippen LogP contribution in [-0.2, 0) is 4.79 Å². The molecule has 1 fully saturated rings. The number of rotatable bonds is 6. The number of likely N-dealkylation sites (tertiary alicyclic amines) is 1. The Bertz CT molecular complexity index is 663. The first-order chi connectivity index (χ1) is 11.7. The number of ether oxygens (including phenoxy) is 1. The highest BCUT2D eigenvalue weighted by Crippen LogP contribution is 2.38. The van der Waals surface area contributed by atoms with Crippen molar-refractivity contribution in [3.8, 4) is 5.75 Å². The summed E-state index contributed by atoms with van der Waals surface area (Å²) >= 11 is 1.74. The van der Waals surface area contributed by atoms with Gasteiger partial charge in [0, 0.05) is 10.4 Å². The van der Waals surface area contributed by atoms with Gasteiger partial charge in [0.2, 0.25) is 0 Å². The van der Waals surface area contributed by atoms with Gasteiger partial charge in [-0.1, -0.05) is 24.3 Å². The quantitative estimate of drug-likeness (QED) is 0.859. The molecule has 0 radical (unpaired) electrons. The monoisotopic (exact) mass is 345 g/mol. The highest BCUT2D eigenvalue weighted by Gasteiger charge is 2.31. The van der Waals surface area contributed by atoms with E-state index in [2.05, 4.69) is 28.5 Å². The molecular formula is C19H23NO3S. The van der Waals surface area contributed by atoms with Crippen molar-refractivity contribution < 1.29 is 14.6 Å². The topological polar surface area (TPSA) is 49.8 Å². The molecule has 0 amide bonds. The Hall–Kier alpha value is -1.85. The van der Waals surface area contributed by atoms with Gasteiger partial charge in [0.1, 0.15) is 5.75 Å². The molecule has 1 saturated heterocycles. The predicted molar refractivity (Wildman–Crippen MR) is 95.7 cm³/mol. The lowest BCUT2D eigenvalue weighted by Gasteiger charge is -2.37. The van der Waals surface area contributed by atoms with Crippen molar-refractivity contribution in [1.29, 1.82) is 0 Å². The standard InChI is InChI=1S/C19H23NO3S/c1-2-23-16-7-4-3-6-15(16)18(17-8-5-13-24-17)20-11-9-14(10-12-20)19(21)22/h3-8,13-14,18H,2,9-12H2,1H3,(H,21,22). The third-order valence-corrected chi connectivity index (χ3v) is 5.49. The Morgan fingerprint density at radius 2 is 2.04 bits per heavy atom. The van der Waals surface area contributed by atoms with E-state index in [1.165, 1.54) is 4.88 Å². The summed E-state index contributed by atoms with van der Waals surface area (Å²) in [5.41, 5.74) is 1.16. The average Bonchev–Trinajstić information content (AvgIpc) is 3.11. The molecule has 128 valence electrons. The third kappa shape index (κ3) is 3.62. The molecule has 5 heteroatoms. The molecule has 1 aromatic carbocycles. The van der Waals surface area contributed by atoms with Gasteiger partial charge in [-0.25, -0.2) is 0 Å². The average molecular weight is 345 g/mol. The number of carboxylic acid groups (broad SMARTS) is 1. The van der Waals surface area contributed by atoms with Gasteiger partial charge in [0.15, 0.2) is 0 Å². The predicted octanol–water partition coefficient (Wildman–Crippen LogP) is 4.03. The number of hydrogen-bond acceptors (Lipinski definition) is 4. The van der Waals surface area contributed by atoms with Crippen LogP contribution in [0.25, 0.3) is 0 Å². The van der Waals surface area contributed by atoms with Crippen LogP contribution in [0.3, 0.4) is 0 Å². The lowest BCUT2D eigenvalue weighted by Crippen LogP contribution is -2.39. The molecule has 0 aliphatic carbocycles. The maximum atomic E-state index is 11.2. The van der Waals surface area contributed by atoms with Crippen LogP contribution in [0.4, 0.5) is 0 Å². The first kappa shape index (κ1) is 17.0. The minimum absolute atomic E-state index is 0.127. The molecule has 0 spiro atoms. The van der Waals surface area contributed by atoms with Crippen molar-refractivity contribution >= 4 is 17.3 Å². The Labute approximate surface area is 146 Å². The number of carboxylic acids is 1. The number of aliphatic carboxylic acids is 1. The fourth-order valence-electron chi connectivity index (χ4n) is 3.37. The first-order valence-corrected chi connectivity index (χ1v) is 9.30. The van der Waals surface area contributed by atoms with Crippen LogP contribution in [0.5, 0.6) is 5.75 Å². The maximum Gasteiger partial charge on any atom is 0.306 e. The second-order valence-corrected chi connectivity index (χ2v) is 7.02. The molecule has 2 aromatic rings. The summed E-state index contributed by atoms with van der Waals surface area (Å²) in [7, 11) is 0. The molecule has 1 atom stereocenters. The normalized spacial score (nSPS) is 17.5. The molecule has 24 heavy (non-hydrogen) atoms. The van der Waals surface area contributed by atoms with Gasteiger partial charge in [0.25, 0.3) is 0 Å². The van der Waals surface area contributed by atoms with Crippen LogP contribution in [-0.4, -0.2) is 35.7 Å². The number of para-hydroxylation sites is 1. The molecule has 1 N–H and O–H groups in total. The van der Waals surface area contributed by atoms with Crippen LogP contribution < -0.4 is 4.74 Å². The second-order valence-electron chi connectivity index (χ2n) is 6.04. The molecule has 2 heterocycles. The minimum Gasteiger partial charge on any atom is -0.494 e. The van der Waals surface area contributed by atoms with Crippen molar-refractivity contribution in [2.45, 2.75) is 25.8 Å². The van der Waals surface area contributed by atoms with Crippen molar-refractivity contribution in [3.05, 3.63) is 52.2 Å². The van der Waals surface area contributed by atoms with Crippen LogP contribution in [0.15, 0.2) is 41.8 Å². The van der Waals surface area contributed by atoms with Gasteiger partial charge < -0.3 is 9.84 Å². The fraction of sp³-hybridized carbons (Fsp3) is 0.421. The molecule has 0 saturated carbocycles. The zero-order valence-electron chi connectivity index (χ0n) is 13.9. The zero-order chi connectivity index (χ0) is 16.9. The van der Waals surface area contributed by atoms with Crippen molar-refractivity contribution in [1.82, 2.24) is 4.90 Å². The Balaban J connectivity index is 1.90. The molecule has 1 aliphatic heterocycles. The SMILES string of the molecule is CCOc1ccccc1C(c1cccs1)N1CCC(C(=O)O)CC1. The van der Waals surface area contributed by atoms with E-state index < -0.39 is 5.97 Å². The van der Waals surface area contributed by atoms with E-state index >= 15 is 0 Å². The number of thiophene rings is 1. The number of hydrogen-bond donors (Lipinski definition) is 1. The van der Waals surface area contributed by atoms with Gasteiger partial charge in [0.05, 0.1) is 18.6 Å². The second kappa shape index (κ2) is 7.81. The van der Waals surface area contributed by atoms with Crippen LogP contribution in [0.1, 0.15) is 36.2 Å². The number of nitrogens with zero attached hydrogens (tertiary/aromatic N) is 1.